The molecule has 1 aliphatic rings. The minimum Gasteiger partial charge on any atom is -0.369 e. The third kappa shape index (κ3) is 4.86. The molecule has 0 aliphatic carbocycles. The van der Waals surface area contributed by atoms with Gasteiger partial charge in [-0.3, -0.25) is 9.78 Å². The zero-order valence-corrected chi connectivity index (χ0v) is 16.6. The number of carbonyl (C=O) groups is 1. The van der Waals surface area contributed by atoms with E-state index in [-0.39, 0.29) is 11.9 Å². The Labute approximate surface area is 162 Å². The number of pyridine rings is 1. The van der Waals surface area contributed by atoms with Gasteiger partial charge in [-0.2, -0.15) is 0 Å². The Morgan fingerprint density at radius 1 is 1.11 bits per heavy atom. The van der Waals surface area contributed by atoms with Crippen molar-refractivity contribution in [2.75, 3.05) is 37.6 Å². The molecule has 2 heterocycles. The lowest BCUT2D eigenvalue weighted by molar-refractivity contribution is 0.0684. The Hall–Kier alpha value is -2.40. The SMILES string of the molecule is CCN1CCN(c2ccnc(C(=O)N(Cc3ccccc3)C(C)C)c2)CC1. The zero-order valence-electron chi connectivity index (χ0n) is 16.6. The predicted octanol–water partition coefficient (Wildman–Crippen LogP) is 3.27. The maximum atomic E-state index is 13.2. The number of likely N-dealkylation sites (N-methyl/N-ethyl adjacent to an activating group) is 1. The number of hydrogen-bond donors (Lipinski definition) is 0. The highest BCUT2D eigenvalue weighted by Crippen LogP contribution is 2.19. The van der Waals surface area contributed by atoms with Crippen LogP contribution >= 0.6 is 0 Å². The van der Waals surface area contributed by atoms with Gasteiger partial charge in [-0.1, -0.05) is 37.3 Å². The second kappa shape index (κ2) is 9.00. The maximum Gasteiger partial charge on any atom is 0.273 e. The van der Waals surface area contributed by atoms with E-state index >= 15 is 0 Å². The number of piperazine rings is 1. The van der Waals surface area contributed by atoms with Crippen molar-refractivity contribution in [3.63, 3.8) is 0 Å². The molecule has 1 aliphatic heterocycles. The number of carbonyl (C=O) groups excluding carboxylic acids is 1. The van der Waals surface area contributed by atoms with Crippen LogP contribution in [0.25, 0.3) is 0 Å². The normalized spacial score (nSPS) is 15.2. The lowest BCUT2D eigenvalue weighted by atomic mass is 10.1. The molecule has 0 N–H and O–H groups in total. The second-order valence-electron chi connectivity index (χ2n) is 7.33. The lowest BCUT2D eigenvalue weighted by Crippen LogP contribution is -2.46. The van der Waals surface area contributed by atoms with Crippen LogP contribution < -0.4 is 4.90 Å². The largest absolute Gasteiger partial charge is 0.369 e. The molecule has 1 amide bonds. The quantitative estimate of drug-likeness (QED) is 0.787. The van der Waals surface area contributed by atoms with Crippen molar-refractivity contribution in [3.8, 4) is 0 Å². The Kier molecular flexibility index (Phi) is 6.45. The Bertz CT molecular complexity index is 739. The van der Waals surface area contributed by atoms with E-state index in [1.165, 1.54) is 0 Å². The van der Waals surface area contributed by atoms with E-state index in [4.69, 9.17) is 0 Å². The van der Waals surface area contributed by atoms with E-state index in [9.17, 15) is 4.79 Å². The van der Waals surface area contributed by atoms with Gasteiger partial charge in [-0.25, -0.2) is 0 Å². The van der Waals surface area contributed by atoms with Crippen molar-refractivity contribution >= 4 is 11.6 Å². The first-order valence-corrected chi connectivity index (χ1v) is 9.86. The Balaban J connectivity index is 1.75. The van der Waals surface area contributed by atoms with Crippen LogP contribution in [0.5, 0.6) is 0 Å². The maximum absolute atomic E-state index is 13.2. The van der Waals surface area contributed by atoms with E-state index in [0.717, 1.165) is 44.0 Å². The second-order valence-corrected chi connectivity index (χ2v) is 7.33. The van der Waals surface area contributed by atoms with Gasteiger partial charge >= 0.3 is 0 Å². The highest BCUT2D eigenvalue weighted by molar-refractivity contribution is 5.93. The fraction of sp³-hybridized carbons (Fsp3) is 0.455. The smallest absolute Gasteiger partial charge is 0.273 e. The van der Waals surface area contributed by atoms with E-state index in [2.05, 4.69) is 47.7 Å². The predicted molar refractivity (Wildman–Crippen MR) is 110 cm³/mol. The molecule has 1 saturated heterocycles. The number of hydrogen-bond acceptors (Lipinski definition) is 4. The molecule has 0 radical (unpaired) electrons. The van der Waals surface area contributed by atoms with Crippen LogP contribution in [0.3, 0.4) is 0 Å². The molecule has 1 aromatic heterocycles. The first kappa shape index (κ1) is 19.4. The molecule has 0 bridgehead atoms. The van der Waals surface area contributed by atoms with Crippen LogP contribution in [0.4, 0.5) is 5.69 Å². The average molecular weight is 367 g/mol. The topological polar surface area (TPSA) is 39.7 Å². The van der Waals surface area contributed by atoms with E-state index < -0.39 is 0 Å². The molecule has 1 fully saturated rings. The zero-order chi connectivity index (χ0) is 19.2. The van der Waals surface area contributed by atoms with Crippen LogP contribution in [0, 0.1) is 0 Å². The molecule has 144 valence electrons. The van der Waals surface area contributed by atoms with Gasteiger partial charge in [0.25, 0.3) is 5.91 Å². The Morgan fingerprint density at radius 2 is 1.81 bits per heavy atom. The summed E-state index contributed by atoms with van der Waals surface area (Å²) in [5.41, 5.74) is 2.74. The van der Waals surface area contributed by atoms with Crippen LogP contribution in [0.15, 0.2) is 48.7 Å². The average Bonchev–Trinajstić information content (AvgIpc) is 2.72. The number of amides is 1. The van der Waals surface area contributed by atoms with Crippen LogP contribution in [0.1, 0.15) is 36.8 Å². The van der Waals surface area contributed by atoms with Crippen LogP contribution in [-0.2, 0) is 6.54 Å². The van der Waals surface area contributed by atoms with Crippen molar-refractivity contribution in [1.29, 1.82) is 0 Å². The Morgan fingerprint density at radius 3 is 2.44 bits per heavy atom. The summed E-state index contributed by atoms with van der Waals surface area (Å²) in [7, 11) is 0. The summed E-state index contributed by atoms with van der Waals surface area (Å²) in [5.74, 6) is -0.0112. The molecule has 3 rings (SSSR count). The summed E-state index contributed by atoms with van der Waals surface area (Å²) < 4.78 is 0. The van der Waals surface area contributed by atoms with E-state index in [1.807, 2.05) is 35.2 Å². The number of nitrogens with zero attached hydrogens (tertiary/aromatic N) is 4. The summed E-state index contributed by atoms with van der Waals surface area (Å²) in [5, 5.41) is 0. The van der Waals surface area contributed by atoms with Crippen molar-refractivity contribution in [2.45, 2.75) is 33.4 Å². The van der Waals surface area contributed by atoms with Gasteiger partial charge in [-0.05, 0) is 38.1 Å². The number of benzene rings is 1. The molecule has 0 spiro atoms. The van der Waals surface area contributed by atoms with E-state index in [0.29, 0.717) is 12.2 Å². The molecule has 2 aromatic rings. The summed E-state index contributed by atoms with van der Waals surface area (Å²) in [6.45, 7) is 12.1. The number of rotatable bonds is 6. The van der Waals surface area contributed by atoms with Gasteiger partial charge in [0.1, 0.15) is 5.69 Å². The standard InChI is InChI=1S/C22H30N4O/c1-4-24-12-14-25(15-13-24)20-10-11-23-21(16-20)22(27)26(18(2)3)17-19-8-6-5-7-9-19/h5-11,16,18H,4,12-15,17H2,1-3H3. The molecule has 5 heteroatoms. The van der Waals surface area contributed by atoms with Gasteiger partial charge in [-0.15, -0.1) is 0 Å². The molecule has 5 nitrogen and oxygen atoms in total. The summed E-state index contributed by atoms with van der Waals surface area (Å²) in [6.07, 6.45) is 1.76. The van der Waals surface area contributed by atoms with Crippen molar-refractivity contribution in [1.82, 2.24) is 14.8 Å². The van der Waals surface area contributed by atoms with Gasteiger partial charge in [0.15, 0.2) is 0 Å². The molecule has 1 aromatic carbocycles. The number of aromatic nitrogens is 1. The fourth-order valence-electron chi connectivity index (χ4n) is 3.47. The van der Waals surface area contributed by atoms with E-state index in [1.54, 1.807) is 6.20 Å². The van der Waals surface area contributed by atoms with Crippen molar-refractivity contribution < 1.29 is 4.79 Å². The van der Waals surface area contributed by atoms with Gasteiger partial charge in [0, 0.05) is 50.6 Å². The van der Waals surface area contributed by atoms with Gasteiger partial charge < -0.3 is 14.7 Å². The van der Waals surface area contributed by atoms with Crippen LogP contribution in [-0.4, -0.2) is 59.5 Å². The summed E-state index contributed by atoms with van der Waals surface area (Å²) >= 11 is 0. The third-order valence-electron chi connectivity index (χ3n) is 5.23. The molecule has 27 heavy (non-hydrogen) atoms. The third-order valence-corrected chi connectivity index (χ3v) is 5.23. The minimum absolute atomic E-state index is 0.0112. The fourth-order valence-corrected chi connectivity index (χ4v) is 3.47. The molecule has 0 unspecified atom stereocenters. The molecule has 0 saturated carbocycles. The molecule has 0 atom stereocenters. The van der Waals surface area contributed by atoms with Gasteiger partial charge in [0.05, 0.1) is 0 Å². The van der Waals surface area contributed by atoms with Crippen molar-refractivity contribution in [3.05, 3.63) is 59.9 Å². The molecular formula is C22H30N4O. The lowest BCUT2D eigenvalue weighted by Gasteiger charge is -2.35. The van der Waals surface area contributed by atoms with Crippen molar-refractivity contribution in [2.24, 2.45) is 0 Å². The highest BCUT2D eigenvalue weighted by Gasteiger charge is 2.22. The summed E-state index contributed by atoms with van der Waals surface area (Å²) in [4.78, 5) is 24.2. The first-order valence-electron chi connectivity index (χ1n) is 9.86. The molecular weight excluding hydrogens is 336 g/mol. The monoisotopic (exact) mass is 366 g/mol. The minimum atomic E-state index is -0.0112. The number of anilines is 1. The van der Waals surface area contributed by atoms with Gasteiger partial charge in [0.2, 0.25) is 0 Å². The van der Waals surface area contributed by atoms with Crippen LogP contribution in [0.2, 0.25) is 0 Å². The first-order chi connectivity index (χ1) is 13.1. The highest BCUT2D eigenvalue weighted by atomic mass is 16.2. The summed E-state index contributed by atoms with van der Waals surface area (Å²) in [6, 6.07) is 14.2.